The lowest BCUT2D eigenvalue weighted by atomic mass is 10.1. The molecule has 0 radical (unpaired) electrons. The van der Waals surface area contributed by atoms with Gasteiger partial charge in [-0.25, -0.2) is 4.79 Å². The smallest absolute Gasteiger partial charge is 0.437 e. The lowest BCUT2D eigenvalue weighted by molar-refractivity contribution is -0.131. The van der Waals surface area contributed by atoms with E-state index in [4.69, 9.17) is 9.47 Å². The molecule has 0 amide bonds. The number of benzene rings is 2. The summed E-state index contributed by atoms with van der Waals surface area (Å²) < 4.78 is 16.5. The molecule has 7 nitrogen and oxygen atoms in total. The van der Waals surface area contributed by atoms with E-state index in [1.807, 2.05) is 0 Å². The molecule has 1 aromatic heterocycles. The van der Waals surface area contributed by atoms with Gasteiger partial charge in [0.15, 0.2) is 0 Å². The molecule has 0 saturated carbocycles. The Kier molecular flexibility index (Phi) is 5.27. The highest BCUT2D eigenvalue weighted by Gasteiger charge is 2.12. The number of fused-ring (bicyclic) bond motifs is 1. The van der Waals surface area contributed by atoms with Crippen molar-refractivity contribution >= 4 is 38.8 Å². The average Bonchev–Trinajstić information content (AvgIpc) is 2.65. The first-order valence-electron chi connectivity index (χ1n) is 7.78. The Morgan fingerprint density at radius 2 is 1.63 bits per heavy atom. The van der Waals surface area contributed by atoms with Gasteiger partial charge < -0.3 is 14.2 Å². The SMILES string of the molecule is COC(=O)Oc1ccc2c(=O)n(-c3ccc(OC(C)=O)cc3)cc(Br)c2c1. The molecule has 0 saturated heterocycles. The van der Waals surface area contributed by atoms with E-state index in [2.05, 4.69) is 20.7 Å². The van der Waals surface area contributed by atoms with E-state index < -0.39 is 12.1 Å². The summed E-state index contributed by atoms with van der Waals surface area (Å²) in [5, 5.41) is 1.03. The molecule has 1 heterocycles. The summed E-state index contributed by atoms with van der Waals surface area (Å²) in [5.41, 5.74) is 0.353. The summed E-state index contributed by atoms with van der Waals surface area (Å²) in [6.45, 7) is 1.32. The number of nitrogens with zero attached hydrogens (tertiary/aromatic N) is 1. The maximum absolute atomic E-state index is 12.9. The zero-order chi connectivity index (χ0) is 19.6. The van der Waals surface area contributed by atoms with Gasteiger partial charge in [0.05, 0.1) is 7.11 Å². The summed E-state index contributed by atoms with van der Waals surface area (Å²) in [7, 11) is 1.21. The minimum Gasteiger partial charge on any atom is -0.437 e. The molecule has 27 heavy (non-hydrogen) atoms. The van der Waals surface area contributed by atoms with E-state index in [9.17, 15) is 14.4 Å². The lowest BCUT2D eigenvalue weighted by Crippen LogP contribution is -2.18. The minimum atomic E-state index is -0.841. The normalized spacial score (nSPS) is 10.5. The number of rotatable bonds is 3. The van der Waals surface area contributed by atoms with Crippen LogP contribution in [0.4, 0.5) is 4.79 Å². The number of hydrogen-bond donors (Lipinski definition) is 0. The van der Waals surface area contributed by atoms with Crippen molar-refractivity contribution in [3.63, 3.8) is 0 Å². The van der Waals surface area contributed by atoms with Gasteiger partial charge in [-0.3, -0.25) is 14.2 Å². The Balaban J connectivity index is 2.04. The largest absolute Gasteiger partial charge is 0.513 e. The van der Waals surface area contributed by atoms with Crippen molar-refractivity contribution in [3.8, 4) is 17.2 Å². The van der Waals surface area contributed by atoms with Crippen molar-refractivity contribution in [3.05, 3.63) is 63.5 Å². The van der Waals surface area contributed by atoms with Crippen LogP contribution in [0.2, 0.25) is 0 Å². The second kappa shape index (κ2) is 7.63. The van der Waals surface area contributed by atoms with Gasteiger partial charge in [0.25, 0.3) is 5.56 Å². The molecule has 0 bridgehead atoms. The van der Waals surface area contributed by atoms with E-state index in [0.717, 1.165) is 0 Å². The van der Waals surface area contributed by atoms with Crippen LogP contribution in [-0.2, 0) is 9.53 Å². The van der Waals surface area contributed by atoms with Crippen LogP contribution in [0.15, 0.2) is 57.9 Å². The highest BCUT2D eigenvalue weighted by molar-refractivity contribution is 9.10. The van der Waals surface area contributed by atoms with Gasteiger partial charge in [0, 0.05) is 34.1 Å². The van der Waals surface area contributed by atoms with Gasteiger partial charge in [-0.1, -0.05) is 0 Å². The maximum atomic E-state index is 12.9. The first-order chi connectivity index (χ1) is 12.9. The monoisotopic (exact) mass is 431 g/mol. The van der Waals surface area contributed by atoms with E-state index in [-0.39, 0.29) is 11.3 Å². The van der Waals surface area contributed by atoms with Crippen LogP contribution in [0.25, 0.3) is 16.5 Å². The molecule has 0 spiro atoms. The fourth-order valence-corrected chi connectivity index (χ4v) is 3.05. The van der Waals surface area contributed by atoms with Gasteiger partial charge >= 0.3 is 12.1 Å². The number of hydrogen-bond acceptors (Lipinski definition) is 6. The van der Waals surface area contributed by atoms with Gasteiger partial charge in [0.1, 0.15) is 11.5 Å². The molecule has 0 aliphatic rings. The van der Waals surface area contributed by atoms with Gasteiger partial charge in [-0.05, 0) is 58.4 Å². The first kappa shape index (κ1) is 18.7. The number of pyridine rings is 1. The van der Waals surface area contributed by atoms with Crippen LogP contribution in [-0.4, -0.2) is 23.8 Å². The van der Waals surface area contributed by atoms with E-state index in [1.165, 1.54) is 24.7 Å². The van der Waals surface area contributed by atoms with Crippen LogP contribution in [0, 0.1) is 0 Å². The Labute approximate surface area is 162 Å². The zero-order valence-electron chi connectivity index (χ0n) is 14.4. The second-order valence-electron chi connectivity index (χ2n) is 5.50. The molecule has 3 rings (SSSR count). The quantitative estimate of drug-likeness (QED) is 0.356. The van der Waals surface area contributed by atoms with E-state index >= 15 is 0 Å². The van der Waals surface area contributed by atoms with Crippen LogP contribution in [0.5, 0.6) is 11.5 Å². The summed E-state index contributed by atoms with van der Waals surface area (Å²) >= 11 is 3.44. The molecule has 0 N–H and O–H groups in total. The fraction of sp³-hybridized carbons (Fsp3) is 0.105. The van der Waals surface area contributed by atoms with Crippen molar-refractivity contribution < 1.29 is 23.8 Å². The molecule has 0 fully saturated rings. The van der Waals surface area contributed by atoms with Gasteiger partial charge in [-0.15, -0.1) is 0 Å². The molecule has 138 valence electrons. The van der Waals surface area contributed by atoms with Gasteiger partial charge in [0.2, 0.25) is 0 Å². The predicted octanol–water partition coefficient (Wildman–Crippen LogP) is 3.82. The van der Waals surface area contributed by atoms with Crippen molar-refractivity contribution in [2.45, 2.75) is 6.92 Å². The van der Waals surface area contributed by atoms with Crippen LogP contribution >= 0.6 is 15.9 Å². The summed E-state index contributed by atoms with van der Waals surface area (Å²) in [4.78, 5) is 35.1. The van der Waals surface area contributed by atoms with Crippen molar-refractivity contribution in [1.29, 1.82) is 0 Å². The summed E-state index contributed by atoms with van der Waals surface area (Å²) in [6.07, 6.45) is 0.777. The summed E-state index contributed by atoms with van der Waals surface area (Å²) in [6, 6.07) is 11.2. The average molecular weight is 432 g/mol. The summed E-state index contributed by atoms with van der Waals surface area (Å²) in [5.74, 6) is 0.236. The standard InChI is InChI=1S/C19H14BrNO6/c1-11(22)26-13-5-3-12(4-6-13)21-10-17(20)16-9-14(27-19(24)25-2)7-8-15(16)18(21)23/h3-10H,1-2H3. The van der Waals surface area contributed by atoms with Crippen LogP contribution in [0.1, 0.15) is 6.92 Å². The molecule has 0 atom stereocenters. The van der Waals surface area contributed by atoms with E-state index in [0.29, 0.717) is 26.7 Å². The molecule has 0 aliphatic carbocycles. The molecule has 0 unspecified atom stereocenters. The Morgan fingerprint density at radius 3 is 2.26 bits per heavy atom. The topological polar surface area (TPSA) is 83.8 Å². The van der Waals surface area contributed by atoms with Crippen molar-refractivity contribution in [2.24, 2.45) is 0 Å². The zero-order valence-corrected chi connectivity index (χ0v) is 16.0. The van der Waals surface area contributed by atoms with Gasteiger partial charge in [-0.2, -0.15) is 0 Å². The number of aromatic nitrogens is 1. The molecular weight excluding hydrogens is 418 g/mol. The number of methoxy groups -OCH3 is 1. The third kappa shape index (κ3) is 4.01. The molecule has 2 aromatic carbocycles. The van der Waals surface area contributed by atoms with E-state index in [1.54, 1.807) is 42.6 Å². The van der Waals surface area contributed by atoms with Crippen LogP contribution < -0.4 is 15.0 Å². The van der Waals surface area contributed by atoms with Crippen molar-refractivity contribution in [1.82, 2.24) is 4.57 Å². The number of carbonyl (C=O) groups is 2. The molecular formula is C19H14BrNO6. The number of carbonyl (C=O) groups excluding carboxylic acids is 2. The molecule has 8 heteroatoms. The Bertz CT molecular complexity index is 1090. The number of ether oxygens (including phenoxy) is 3. The second-order valence-corrected chi connectivity index (χ2v) is 6.36. The first-order valence-corrected chi connectivity index (χ1v) is 8.58. The van der Waals surface area contributed by atoms with Crippen molar-refractivity contribution in [2.75, 3.05) is 7.11 Å². The predicted molar refractivity (Wildman–Crippen MR) is 102 cm³/mol. The Hall–Kier alpha value is -3.13. The number of halogens is 1. The maximum Gasteiger partial charge on any atom is 0.513 e. The van der Waals surface area contributed by atoms with Crippen LogP contribution in [0.3, 0.4) is 0 Å². The third-order valence-corrected chi connectivity index (χ3v) is 4.32. The molecule has 3 aromatic rings. The highest BCUT2D eigenvalue weighted by atomic mass is 79.9. The minimum absolute atomic E-state index is 0.252. The fourth-order valence-electron chi connectivity index (χ4n) is 2.51. The highest BCUT2D eigenvalue weighted by Crippen LogP contribution is 2.27. The Morgan fingerprint density at radius 1 is 0.963 bits per heavy atom. The lowest BCUT2D eigenvalue weighted by Gasteiger charge is -2.11. The third-order valence-electron chi connectivity index (χ3n) is 3.68. The number of esters is 1. The molecule has 0 aliphatic heterocycles.